The predicted octanol–water partition coefficient (Wildman–Crippen LogP) is 3.15. The molecule has 0 radical (unpaired) electrons. The first-order valence-corrected chi connectivity index (χ1v) is 6.10. The van der Waals surface area contributed by atoms with E-state index in [2.05, 4.69) is 18.4 Å². The quantitative estimate of drug-likeness (QED) is 0.580. The number of nitrogens with zero attached hydrogens (tertiary/aromatic N) is 1. The largest absolute Gasteiger partial charge is 0.337 e. The molecule has 86 valence electrons. The highest BCUT2D eigenvalue weighted by atomic mass is 32.1. The van der Waals surface area contributed by atoms with Gasteiger partial charge in [0.1, 0.15) is 0 Å². The van der Waals surface area contributed by atoms with Crippen LogP contribution in [-0.2, 0) is 11.3 Å². The van der Waals surface area contributed by atoms with Crippen LogP contribution in [0.2, 0.25) is 0 Å². The van der Waals surface area contributed by atoms with Gasteiger partial charge in [0.15, 0.2) is 0 Å². The first kappa shape index (κ1) is 12.7. The van der Waals surface area contributed by atoms with Crippen LogP contribution in [0.5, 0.6) is 0 Å². The molecule has 1 heterocycles. The van der Waals surface area contributed by atoms with Crippen LogP contribution in [0.4, 0.5) is 0 Å². The zero-order valence-electron chi connectivity index (χ0n) is 9.93. The fourth-order valence-electron chi connectivity index (χ4n) is 1.24. The minimum atomic E-state index is 0.0332. The number of amides is 1. The Hall–Kier alpha value is -1.35. The summed E-state index contributed by atoms with van der Waals surface area (Å²) in [5.74, 6) is 0.0332. The average molecular weight is 235 g/mol. The van der Waals surface area contributed by atoms with Crippen molar-refractivity contribution >= 4 is 17.2 Å². The Kier molecular flexibility index (Phi) is 4.99. The summed E-state index contributed by atoms with van der Waals surface area (Å²) in [7, 11) is 1.82. The van der Waals surface area contributed by atoms with E-state index in [0.29, 0.717) is 6.54 Å². The third-order valence-electron chi connectivity index (χ3n) is 2.27. The molecule has 1 aromatic heterocycles. The van der Waals surface area contributed by atoms with Crippen molar-refractivity contribution in [1.29, 1.82) is 0 Å². The number of allylic oxidation sites excluding steroid dienone is 3. The minimum Gasteiger partial charge on any atom is -0.337 e. The Labute approximate surface area is 101 Å². The molecule has 0 saturated heterocycles. The van der Waals surface area contributed by atoms with Gasteiger partial charge in [-0.05, 0) is 30.9 Å². The molecule has 0 bridgehead atoms. The molecule has 0 aromatic carbocycles. The molecule has 0 unspecified atom stereocenters. The molecule has 0 aliphatic heterocycles. The van der Waals surface area contributed by atoms with Gasteiger partial charge < -0.3 is 4.90 Å². The smallest absolute Gasteiger partial charge is 0.246 e. The molecule has 1 aromatic rings. The molecule has 0 fully saturated rings. The molecule has 0 aliphatic carbocycles. The summed E-state index contributed by atoms with van der Waals surface area (Å²) in [5.41, 5.74) is 1.25. The van der Waals surface area contributed by atoms with Gasteiger partial charge in [0.25, 0.3) is 0 Å². The van der Waals surface area contributed by atoms with Crippen LogP contribution < -0.4 is 0 Å². The monoisotopic (exact) mass is 235 g/mol. The van der Waals surface area contributed by atoms with E-state index >= 15 is 0 Å². The summed E-state index contributed by atoms with van der Waals surface area (Å²) < 4.78 is 0. The predicted molar refractivity (Wildman–Crippen MR) is 69.5 cm³/mol. The molecular weight excluding hydrogens is 218 g/mol. The number of hydrogen-bond donors (Lipinski definition) is 0. The fraction of sp³-hybridized carbons (Fsp3) is 0.308. The highest BCUT2D eigenvalue weighted by Crippen LogP contribution is 2.17. The van der Waals surface area contributed by atoms with E-state index in [1.54, 1.807) is 28.4 Å². The van der Waals surface area contributed by atoms with Gasteiger partial charge >= 0.3 is 0 Å². The Morgan fingerprint density at radius 3 is 2.81 bits per heavy atom. The topological polar surface area (TPSA) is 20.3 Å². The molecule has 0 atom stereocenters. The van der Waals surface area contributed by atoms with Crippen LogP contribution >= 0.6 is 11.3 Å². The van der Waals surface area contributed by atoms with Crippen LogP contribution in [0, 0.1) is 6.92 Å². The van der Waals surface area contributed by atoms with Crippen molar-refractivity contribution in [1.82, 2.24) is 4.90 Å². The number of hydrogen-bond acceptors (Lipinski definition) is 2. The van der Waals surface area contributed by atoms with Gasteiger partial charge in [0, 0.05) is 18.0 Å². The molecule has 0 saturated carbocycles. The lowest BCUT2D eigenvalue weighted by molar-refractivity contribution is -0.125. The second-order valence-electron chi connectivity index (χ2n) is 3.61. The van der Waals surface area contributed by atoms with Gasteiger partial charge in [0.2, 0.25) is 5.91 Å². The van der Waals surface area contributed by atoms with Crippen molar-refractivity contribution in [3.8, 4) is 0 Å². The summed E-state index contributed by atoms with van der Waals surface area (Å²) in [6.45, 7) is 4.68. The fourth-order valence-corrected chi connectivity index (χ4v) is 2.19. The van der Waals surface area contributed by atoms with Gasteiger partial charge in [-0.3, -0.25) is 4.79 Å². The Morgan fingerprint density at radius 2 is 2.25 bits per heavy atom. The standard InChI is InChI=1S/C13H17NOS/c1-4-5-6-7-13(15)14(3)10-12-11(2)8-9-16-12/h4-9H,10H2,1-3H3. The molecule has 2 nitrogen and oxygen atoms in total. The summed E-state index contributed by atoms with van der Waals surface area (Å²) in [4.78, 5) is 14.6. The van der Waals surface area contributed by atoms with Crippen molar-refractivity contribution < 1.29 is 4.79 Å². The first-order chi connectivity index (χ1) is 7.65. The van der Waals surface area contributed by atoms with Crippen molar-refractivity contribution in [3.05, 3.63) is 46.2 Å². The summed E-state index contributed by atoms with van der Waals surface area (Å²) >= 11 is 1.69. The van der Waals surface area contributed by atoms with E-state index in [1.807, 2.05) is 26.1 Å². The van der Waals surface area contributed by atoms with Crippen molar-refractivity contribution in [2.24, 2.45) is 0 Å². The number of rotatable bonds is 4. The van der Waals surface area contributed by atoms with Gasteiger partial charge in [-0.1, -0.05) is 18.2 Å². The number of carbonyl (C=O) groups is 1. The molecule has 1 rings (SSSR count). The Morgan fingerprint density at radius 1 is 1.50 bits per heavy atom. The van der Waals surface area contributed by atoms with Gasteiger partial charge in [-0.2, -0.15) is 0 Å². The normalized spacial score (nSPS) is 11.4. The molecule has 3 heteroatoms. The van der Waals surface area contributed by atoms with Gasteiger partial charge in [-0.25, -0.2) is 0 Å². The molecule has 0 spiro atoms. The van der Waals surface area contributed by atoms with E-state index < -0.39 is 0 Å². The molecule has 16 heavy (non-hydrogen) atoms. The second-order valence-corrected chi connectivity index (χ2v) is 4.61. The Balaban J connectivity index is 2.55. The third-order valence-corrected chi connectivity index (χ3v) is 3.28. The first-order valence-electron chi connectivity index (χ1n) is 5.22. The second kappa shape index (κ2) is 6.28. The maximum absolute atomic E-state index is 11.7. The molecule has 0 N–H and O–H groups in total. The third kappa shape index (κ3) is 3.66. The van der Waals surface area contributed by atoms with E-state index in [4.69, 9.17) is 0 Å². The summed E-state index contributed by atoms with van der Waals surface area (Å²) in [5, 5.41) is 2.05. The number of likely N-dealkylation sites (N-methyl/N-ethyl adjacent to an activating group) is 1. The van der Waals surface area contributed by atoms with Crippen molar-refractivity contribution in [3.63, 3.8) is 0 Å². The van der Waals surface area contributed by atoms with E-state index in [1.165, 1.54) is 10.4 Å². The average Bonchev–Trinajstić information content (AvgIpc) is 2.64. The Bertz CT molecular complexity index is 404. The molecular formula is C13H17NOS. The maximum atomic E-state index is 11.7. The van der Waals surface area contributed by atoms with Crippen LogP contribution in [0.3, 0.4) is 0 Å². The van der Waals surface area contributed by atoms with E-state index in [9.17, 15) is 4.79 Å². The SMILES string of the molecule is CC=CC=CC(=O)N(C)Cc1sccc1C. The van der Waals surface area contributed by atoms with Crippen LogP contribution in [0.15, 0.2) is 35.8 Å². The number of thiophene rings is 1. The highest BCUT2D eigenvalue weighted by molar-refractivity contribution is 7.10. The van der Waals surface area contributed by atoms with Crippen LogP contribution in [0.25, 0.3) is 0 Å². The van der Waals surface area contributed by atoms with Crippen molar-refractivity contribution in [2.75, 3.05) is 7.05 Å². The maximum Gasteiger partial charge on any atom is 0.246 e. The van der Waals surface area contributed by atoms with Crippen LogP contribution in [0.1, 0.15) is 17.4 Å². The van der Waals surface area contributed by atoms with Crippen molar-refractivity contribution in [2.45, 2.75) is 20.4 Å². The van der Waals surface area contributed by atoms with Gasteiger partial charge in [-0.15, -0.1) is 11.3 Å². The summed E-state index contributed by atoms with van der Waals surface area (Å²) in [6.07, 6.45) is 7.10. The van der Waals surface area contributed by atoms with E-state index in [0.717, 1.165) is 0 Å². The lowest BCUT2D eigenvalue weighted by Gasteiger charge is -2.14. The molecule has 0 aliphatic rings. The minimum absolute atomic E-state index is 0.0332. The lowest BCUT2D eigenvalue weighted by atomic mass is 10.3. The zero-order chi connectivity index (χ0) is 12.0. The lowest BCUT2D eigenvalue weighted by Crippen LogP contribution is -2.23. The van der Waals surface area contributed by atoms with E-state index in [-0.39, 0.29) is 5.91 Å². The van der Waals surface area contributed by atoms with Gasteiger partial charge in [0.05, 0.1) is 6.54 Å². The number of aryl methyl sites for hydroxylation is 1. The number of carbonyl (C=O) groups excluding carboxylic acids is 1. The zero-order valence-corrected chi connectivity index (χ0v) is 10.8. The molecule has 1 amide bonds. The highest BCUT2D eigenvalue weighted by Gasteiger charge is 2.07. The van der Waals surface area contributed by atoms with Crippen LogP contribution in [-0.4, -0.2) is 17.9 Å². The summed E-state index contributed by atoms with van der Waals surface area (Å²) in [6, 6.07) is 2.08.